The molecule has 3 nitrogen and oxygen atoms in total. The summed E-state index contributed by atoms with van der Waals surface area (Å²) in [6, 6.07) is 0.635. The van der Waals surface area contributed by atoms with Crippen molar-refractivity contribution in [2.45, 2.75) is 51.0 Å². The van der Waals surface area contributed by atoms with E-state index in [4.69, 9.17) is 10.5 Å². The molecule has 15 heavy (non-hydrogen) atoms. The molecule has 0 aromatic rings. The first-order chi connectivity index (χ1) is 7.24. The van der Waals surface area contributed by atoms with Crippen LogP contribution in [-0.4, -0.2) is 36.4 Å². The van der Waals surface area contributed by atoms with E-state index in [0.29, 0.717) is 12.1 Å². The Morgan fingerprint density at radius 1 is 1.40 bits per heavy atom. The highest BCUT2D eigenvalue weighted by Crippen LogP contribution is 2.37. The summed E-state index contributed by atoms with van der Waals surface area (Å²) in [5.41, 5.74) is 5.76. The zero-order valence-electron chi connectivity index (χ0n) is 9.56. The van der Waals surface area contributed by atoms with E-state index in [0.717, 1.165) is 11.8 Å². The lowest BCUT2D eigenvalue weighted by atomic mass is 9.76. The Balaban J connectivity index is 1.51. The Labute approximate surface area is 91.9 Å². The van der Waals surface area contributed by atoms with Gasteiger partial charge in [0.1, 0.15) is 12.3 Å². The summed E-state index contributed by atoms with van der Waals surface area (Å²) in [5.74, 6) is 1.92. The second-order valence-corrected chi connectivity index (χ2v) is 5.71. The highest BCUT2D eigenvalue weighted by molar-refractivity contribution is 4.97. The zero-order chi connectivity index (χ0) is 10.4. The third kappa shape index (κ3) is 1.93. The smallest absolute Gasteiger partial charge is 0.134 e. The molecule has 1 aliphatic carbocycles. The summed E-state index contributed by atoms with van der Waals surface area (Å²) in [4.78, 5) is 2.63. The van der Waals surface area contributed by atoms with Crippen LogP contribution in [0.2, 0.25) is 0 Å². The second-order valence-electron chi connectivity index (χ2n) is 5.71. The number of ether oxygens (including phenoxy) is 1. The molecule has 0 aromatic heterocycles. The van der Waals surface area contributed by atoms with Crippen molar-refractivity contribution in [2.75, 3.05) is 13.1 Å². The minimum atomic E-state index is 0.0379. The normalized spacial score (nSPS) is 50.4. The van der Waals surface area contributed by atoms with Crippen LogP contribution in [0.15, 0.2) is 0 Å². The fourth-order valence-corrected chi connectivity index (χ4v) is 3.45. The number of rotatable bonds is 3. The molecule has 3 unspecified atom stereocenters. The first-order valence-corrected chi connectivity index (χ1v) is 6.39. The van der Waals surface area contributed by atoms with E-state index in [2.05, 4.69) is 11.8 Å². The van der Waals surface area contributed by atoms with E-state index >= 15 is 0 Å². The van der Waals surface area contributed by atoms with Gasteiger partial charge >= 0.3 is 0 Å². The second kappa shape index (κ2) is 3.72. The lowest BCUT2D eigenvalue weighted by Gasteiger charge is -2.37. The van der Waals surface area contributed by atoms with Crippen LogP contribution in [0.3, 0.4) is 0 Å². The lowest BCUT2D eigenvalue weighted by molar-refractivity contribution is 0.115. The molecule has 86 valence electrons. The zero-order valence-corrected chi connectivity index (χ0v) is 9.56. The van der Waals surface area contributed by atoms with Crippen molar-refractivity contribution >= 4 is 0 Å². The number of hydrogen-bond donors (Lipinski definition) is 1. The molecule has 3 atom stereocenters. The number of nitrogens with two attached hydrogens (primary N) is 1. The predicted molar refractivity (Wildman–Crippen MR) is 59.3 cm³/mol. The molecule has 3 heteroatoms. The highest BCUT2D eigenvalue weighted by atomic mass is 16.6. The minimum absolute atomic E-state index is 0.0379. The first-order valence-electron chi connectivity index (χ1n) is 6.39. The summed E-state index contributed by atoms with van der Waals surface area (Å²) in [5, 5.41) is 0. The summed E-state index contributed by atoms with van der Waals surface area (Å²) in [7, 11) is 0. The molecule has 2 saturated heterocycles. The van der Waals surface area contributed by atoms with Crippen LogP contribution in [0.5, 0.6) is 0 Å². The molecule has 0 radical (unpaired) electrons. The van der Waals surface area contributed by atoms with E-state index in [1.165, 1.54) is 38.8 Å². The maximum absolute atomic E-state index is 5.76. The Morgan fingerprint density at radius 2 is 2.13 bits per heavy atom. The predicted octanol–water partition coefficient (Wildman–Crippen LogP) is 1.18. The van der Waals surface area contributed by atoms with Gasteiger partial charge in [0, 0.05) is 12.6 Å². The molecule has 3 rings (SSSR count). The van der Waals surface area contributed by atoms with Crippen molar-refractivity contribution in [3.8, 4) is 0 Å². The highest BCUT2D eigenvalue weighted by Gasteiger charge is 2.47. The molecule has 0 amide bonds. The van der Waals surface area contributed by atoms with Gasteiger partial charge in [-0.1, -0.05) is 6.92 Å². The van der Waals surface area contributed by atoms with Gasteiger partial charge in [0.25, 0.3) is 0 Å². The fourth-order valence-electron chi connectivity index (χ4n) is 3.45. The molecule has 2 N–H and O–H groups in total. The maximum atomic E-state index is 5.76. The van der Waals surface area contributed by atoms with Crippen molar-refractivity contribution in [1.82, 2.24) is 4.90 Å². The summed E-state index contributed by atoms with van der Waals surface area (Å²) in [6.07, 6.45) is 5.88. The van der Waals surface area contributed by atoms with E-state index < -0.39 is 0 Å². The van der Waals surface area contributed by atoms with Gasteiger partial charge in [0.2, 0.25) is 0 Å². The Bertz CT molecular complexity index is 240. The average molecular weight is 210 g/mol. The van der Waals surface area contributed by atoms with Crippen molar-refractivity contribution < 1.29 is 4.74 Å². The standard InChI is InChI=1S/C12H22N2O/c1-8-5-9(6-8)7-14-4-2-3-10(14)11-12(13)15-11/h8-12H,2-7,13H2,1H3. The van der Waals surface area contributed by atoms with E-state index in [-0.39, 0.29) is 6.23 Å². The third-order valence-corrected chi connectivity index (χ3v) is 4.32. The van der Waals surface area contributed by atoms with Crippen LogP contribution >= 0.6 is 0 Å². The van der Waals surface area contributed by atoms with Gasteiger partial charge in [-0.2, -0.15) is 0 Å². The minimum Gasteiger partial charge on any atom is -0.352 e. The molecular weight excluding hydrogens is 188 g/mol. The maximum Gasteiger partial charge on any atom is 0.134 e. The van der Waals surface area contributed by atoms with Gasteiger partial charge in [-0.3, -0.25) is 4.90 Å². The first kappa shape index (κ1) is 10.1. The Morgan fingerprint density at radius 3 is 2.73 bits per heavy atom. The number of likely N-dealkylation sites (tertiary alicyclic amines) is 1. The molecule has 2 heterocycles. The van der Waals surface area contributed by atoms with Gasteiger partial charge in [0.05, 0.1) is 0 Å². The van der Waals surface area contributed by atoms with Crippen LogP contribution < -0.4 is 5.73 Å². The fraction of sp³-hybridized carbons (Fsp3) is 1.00. The van der Waals surface area contributed by atoms with E-state index in [9.17, 15) is 0 Å². The molecule has 3 fully saturated rings. The summed E-state index contributed by atoms with van der Waals surface area (Å²) >= 11 is 0. The van der Waals surface area contributed by atoms with Crippen molar-refractivity contribution in [2.24, 2.45) is 17.6 Å². The van der Waals surface area contributed by atoms with Gasteiger partial charge in [-0.25, -0.2) is 0 Å². The number of nitrogens with zero attached hydrogens (tertiary/aromatic N) is 1. The molecular formula is C12H22N2O. The molecule has 0 aromatic carbocycles. The van der Waals surface area contributed by atoms with Crippen LogP contribution in [0.4, 0.5) is 0 Å². The van der Waals surface area contributed by atoms with Gasteiger partial charge in [0.15, 0.2) is 0 Å². The monoisotopic (exact) mass is 210 g/mol. The lowest BCUT2D eigenvalue weighted by Crippen LogP contribution is -2.41. The largest absolute Gasteiger partial charge is 0.352 e. The molecule has 0 spiro atoms. The van der Waals surface area contributed by atoms with E-state index in [1.54, 1.807) is 0 Å². The van der Waals surface area contributed by atoms with E-state index in [1.807, 2.05) is 0 Å². The topological polar surface area (TPSA) is 41.8 Å². The van der Waals surface area contributed by atoms with Crippen LogP contribution in [0, 0.1) is 11.8 Å². The molecule has 2 aliphatic heterocycles. The SMILES string of the molecule is CC1CC(CN2CCCC2C2OC2N)C1. The van der Waals surface area contributed by atoms with Crippen LogP contribution in [0.25, 0.3) is 0 Å². The average Bonchev–Trinajstić information content (AvgIpc) is 2.71. The van der Waals surface area contributed by atoms with Crippen LogP contribution in [-0.2, 0) is 4.74 Å². The Kier molecular flexibility index (Phi) is 2.49. The number of hydrogen-bond acceptors (Lipinski definition) is 3. The van der Waals surface area contributed by atoms with Gasteiger partial charge in [-0.05, 0) is 44.1 Å². The molecule has 0 bridgehead atoms. The quantitative estimate of drug-likeness (QED) is 0.711. The van der Waals surface area contributed by atoms with Gasteiger partial charge < -0.3 is 10.5 Å². The van der Waals surface area contributed by atoms with Crippen LogP contribution in [0.1, 0.15) is 32.6 Å². The Hall–Kier alpha value is -0.120. The molecule has 3 aliphatic rings. The van der Waals surface area contributed by atoms with Gasteiger partial charge in [-0.15, -0.1) is 0 Å². The summed E-state index contributed by atoms with van der Waals surface area (Å²) in [6.45, 7) is 4.92. The van der Waals surface area contributed by atoms with Crippen molar-refractivity contribution in [3.63, 3.8) is 0 Å². The molecule has 1 saturated carbocycles. The van der Waals surface area contributed by atoms with Crippen molar-refractivity contribution in [3.05, 3.63) is 0 Å². The number of epoxide rings is 1. The van der Waals surface area contributed by atoms with Crippen molar-refractivity contribution in [1.29, 1.82) is 0 Å². The summed E-state index contributed by atoms with van der Waals surface area (Å²) < 4.78 is 5.42. The third-order valence-electron chi connectivity index (χ3n) is 4.32.